The van der Waals surface area contributed by atoms with E-state index in [-0.39, 0.29) is 31.1 Å². The maximum Gasteiger partial charge on any atom is 0.306 e. The zero-order valence-electron chi connectivity index (χ0n) is 54.5. The summed E-state index contributed by atoms with van der Waals surface area (Å²) in [5.41, 5.74) is 0. The second kappa shape index (κ2) is 70.1. The van der Waals surface area contributed by atoms with E-state index in [4.69, 9.17) is 14.2 Å². The highest BCUT2D eigenvalue weighted by molar-refractivity contribution is 5.71. The van der Waals surface area contributed by atoms with Crippen LogP contribution < -0.4 is 0 Å². The van der Waals surface area contributed by atoms with Gasteiger partial charge in [-0.15, -0.1) is 0 Å². The zero-order chi connectivity index (χ0) is 59.2. The molecule has 0 radical (unpaired) electrons. The molecule has 0 aromatic rings. The summed E-state index contributed by atoms with van der Waals surface area (Å²) in [4.78, 5) is 38.4. The van der Waals surface area contributed by atoms with Crippen LogP contribution >= 0.6 is 0 Å². The lowest BCUT2D eigenvalue weighted by Gasteiger charge is -2.18. The fourth-order valence-corrected chi connectivity index (χ4v) is 10.3. The van der Waals surface area contributed by atoms with Crippen LogP contribution in [0.2, 0.25) is 0 Å². The number of rotatable bonds is 65. The van der Waals surface area contributed by atoms with Crippen LogP contribution in [-0.4, -0.2) is 37.2 Å². The van der Waals surface area contributed by atoms with Gasteiger partial charge in [-0.3, -0.25) is 14.4 Å². The molecule has 0 aromatic carbocycles. The molecule has 0 rings (SSSR count). The van der Waals surface area contributed by atoms with Gasteiger partial charge in [0.25, 0.3) is 0 Å². The molecule has 1 atom stereocenters. The van der Waals surface area contributed by atoms with Crippen molar-refractivity contribution in [2.24, 2.45) is 0 Å². The summed E-state index contributed by atoms with van der Waals surface area (Å²) in [5.74, 6) is -0.864. The van der Waals surface area contributed by atoms with Crippen LogP contribution in [-0.2, 0) is 28.6 Å². The van der Waals surface area contributed by atoms with Crippen molar-refractivity contribution in [3.05, 3.63) is 85.1 Å². The summed E-state index contributed by atoms with van der Waals surface area (Å²) >= 11 is 0. The lowest BCUT2D eigenvalue weighted by Crippen LogP contribution is -2.30. The van der Waals surface area contributed by atoms with E-state index >= 15 is 0 Å². The van der Waals surface area contributed by atoms with Crippen molar-refractivity contribution in [2.45, 2.75) is 367 Å². The maximum atomic E-state index is 12.9. The largest absolute Gasteiger partial charge is 0.462 e. The van der Waals surface area contributed by atoms with E-state index in [1.54, 1.807) is 0 Å². The van der Waals surface area contributed by atoms with Crippen molar-refractivity contribution in [2.75, 3.05) is 13.2 Å². The van der Waals surface area contributed by atoms with Gasteiger partial charge in [0.15, 0.2) is 6.10 Å². The van der Waals surface area contributed by atoms with Crippen molar-refractivity contribution >= 4 is 17.9 Å². The first-order valence-corrected chi connectivity index (χ1v) is 35.6. The molecule has 6 nitrogen and oxygen atoms in total. The van der Waals surface area contributed by atoms with Crippen molar-refractivity contribution in [3.8, 4) is 0 Å². The van der Waals surface area contributed by atoms with Gasteiger partial charge < -0.3 is 14.2 Å². The molecule has 0 saturated carbocycles. The fourth-order valence-electron chi connectivity index (χ4n) is 10.3. The van der Waals surface area contributed by atoms with Crippen molar-refractivity contribution in [3.63, 3.8) is 0 Å². The van der Waals surface area contributed by atoms with E-state index in [1.165, 1.54) is 218 Å². The highest BCUT2D eigenvalue weighted by Gasteiger charge is 2.19. The quantitative estimate of drug-likeness (QED) is 0.0261. The zero-order valence-corrected chi connectivity index (χ0v) is 54.5. The molecule has 0 amide bonds. The molecular weight excluding hydrogens is 1010 g/mol. The second-order valence-electron chi connectivity index (χ2n) is 23.8. The normalized spacial score (nSPS) is 12.6. The van der Waals surface area contributed by atoms with E-state index in [0.29, 0.717) is 19.3 Å². The molecule has 0 saturated heterocycles. The number of esters is 3. The maximum absolute atomic E-state index is 12.9. The monoisotopic (exact) mass is 1140 g/mol. The number of carbonyl (C=O) groups is 3. The van der Waals surface area contributed by atoms with E-state index in [2.05, 4.69) is 106 Å². The summed E-state index contributed by atoms with van der Waals surface area (Å²) in [6.45, 7) is 6.53. The lowest BCUT2D eigenvalue weighted by atomic mass is 10.0. The van der Waals surface area contributed by atoms with Crippen LogP contribution in [0.25, 0.3) is 0 Å². The van der Waals surface area contributed by atoms with Gasteiger partial charge in [0, 0.05) is 19.3 Å². The number of ether oxygens (including phenoxy) is 3. The number of hydrogen-bond donors (Lipinski definition) is 0. The summed E-state index contributed by atoms with van der Waals surface area (Å²) < 4.78 is 17.0. The van der Waals surface area contributed by atoms with Gasteiger partial charge in [0.05, 0.1) is 0 Å². The topological polar surface area (TPSA) is 78.9 Å². The highest BCUT2D eigenvalue weighted by Crippen LogP contribution is 2.18. The smallest absolute Gasteiger partial charge is 0.306 e. The van der Waals surface area contributed by atoms with E-state index in [0.717, 1.165) is 103 Å². The molecule has 474 valence electrons. The predicted octanol–water partition coefficient (Wildman–Crippen LogP) is 24.6. The molecular formula is C76H134O6. The molecule has 0 aliphatic carbocycles. The van der Waals surface area contributed by atoms with Crippen molar-refractivity contribution in [1.82, 2.24) is 0 Å². The molecule has 0 N–H and O–H groups in total. The van der Waals surface area contributed by atoms with Gasteiger partial charge in [-0.1, -0.05) is 337 Å². The highest BCUT2D eigenvalue weighted by atomic mass is 16.6. The Balaban J connectivity index is 4.15. The van der Waals surface area contributed by atoms with Crippen molar-refractivity contribution in [1.29, 1.82) is 0 Å². The first-order chi connectivity index (χ1) is 40.5. The Hall–Kier alpha value is -3.41. The van der Waals surface area contributed by atoms with Gasteiger partial charge in [0.1, 0.15) is 13.2 Å². The molecule has 0 fully saturated rings. The Kier molecular flexibility index (Phi) is 67.2. The van der Waals surface area contributed by atoms with Gasteiger partial charge in [0.2, 0.25) is 0 Å². The summed E-state index contributed by atoms with van der Waals surface area (Å²) in [5, 5.41) is 0. The fraction of sp³-hybridized carbons (Fsp3) is 0.776. The lowest BCUT2D eigenvalue weighted by molar-refractivity contribution is -0.167. The van der Waals surface area contributed by atoms with Gasteiger partial charge >= 0.3 is 17.9 Å². The number of unbranched alkanes of at least 4 members (excludes halogenated alkanes) is 40. The molecule has 82 heavy (non-hydrogen) atoms. The van der Waals surface area contributed by atoms with Gasteiger partial charge in [-0.2, -0.15) is 0 Å². The summed E-state index contributed by atoms with van der Waals surface area (Å²) in [6, 6.07) is 0. The van der Waals surface area contributed by atoms with E-state index < -0.39 is 6.10 Å². The number of hydrogen-bond acceptors (Lipinski definition) is 6. The Morgan fingerprint density at radius 1 is 0.256 bits per heavy atom. The Morgan fingerprint density at radius 3 is 0.793 bits per heavy atom. The molecule has 1 unspecified atom stereocenters. The van der Waals surface area contributed by atoms with Crippen LogP contribution in [0.4, 0.5) is 0 Å². The molecule has 0 heterocycles. The second-order valence-corrected chi connectivity index (χ2v) is 23.8. The molecule has 0 bridgehead atoms. The third-order valence-electron chi connectivity index (χ3n) is 15.6. The number of allylic oxidation sites excluding steroid dienone is 14. The van der Waals surface area contributed by atoms with Crippen LogP contribution in [0.15, 0.2) is 85.1 Å². The van der Waals surface area contributed by atoms with E-state index in [1.807, 2.05) is 0 Å². The van der Waals surface area contributed by atoms with Gasteiger partial charge in [-0.25, -0.2) is 0 Å². The van der Waals surface area contributed by atoms with Crippen LogP contribution in [0.1, 0.15) is 361 Å². The summed E-state index contributed by atoms with van der Waals surface area (Å²) in [6.07, 6.45) is 93.4. The van der Waals surface area contributed by atoms with Crippen LogP contribution in [0, 0.1) is 0 Å². The molecule has 0 aliphatic rings. The molecule has 0 aromatic heterocycles. The standard InChI is InChI=1S/C76H134O6/c1-4-7-10-13-16-19-22-24-26-28-30-32-33-34-35-36-37-38-39-40-41-42-43-44-46-47-49-51-54-57-60-63-66-69-75(78)81-72-73(71-80-74(77)68-65-62-59-56-53-21-18-15-12-9-6-3)82-76(79)70-67-64-61-58-55-52-50-48-45-31-29-27-25-23-20-17-14-11-8-5-2/h7,10,15-16,18-19,24,26,30,32,34-35,37-38,73H,4-6,8-9,11-14,17,20-23,25,27-29,31,33,36,39-72H2,1-3H3/b10-7-,18-15-,19-16-,26-24-,32-30-,35-34-,38-37-. The minimum Gasteiger partial charge on any atom is -0.462 e. The average Bonchev–Trinajstić information content (AvgIpc) is 3.47. The Morgan fingerprint density at radius 2 is 0.488 bits per heavy atom. The minimum atomic E-state index is -0.777. The predicted molar refractivity (Wildman–Crippen MR) is 358 cm³/mol. The summed E-state index contributed by atoms with van der Waals surface area (Å²) in [7, 11) is 0. The Bertz CT molecular complexity index is 1550. The third-order valence-corrected chi connectivity index (χ3v) is 15.6. The SMILES string of the molecule is CC/C=C\C/C=C\C/C=C\C/C=C\C/C=C\C/C=C\CCCCCCCCCCCCCCCCC(=O)OCC(COC(=O)CCCCCCC/C=C\CCCC)OC(=O)CCCCCCCCCCCCCCCCCCCCCC. The first-order valence-electron chi connectivity index (χ1n) is 35.6. The van der Waals surface area contributed by atoms with Gasteiger partial charge in [-0.05, 0) is 89.9 Å². The third kappa shape index (κ3) is 67.4. The minimum absolute atomic E-state index is 0.0743. The van der Waals surface area contributed by atoms with Crippen LogP contribution in [0.3, 0.4) is 0 Å². The molecule has 0 spiro atoms. The average molecular weight is 1140 g/mol. The first kappa shape index (κ1) is 78.6. The molecule has 6 heteroatoms. The van der Waals surface area contributed by atoms with Crippen molar-refractivity contribution < 1.29 is 28.6 Å². The number of carbonyl (C=O) groups excluding carboxylic acids is 3. The Labute approximate surface area is 509 Å². The van der Waals surface area contributed by atoms with Crippen LogP contribution in [0.5, 0.6) is 0 Å². The van der Waals surface area contributed by atoms with E-state index in [9.17, 15) is 14.4 Å². The molecule has 0 aliphatic heterocycles.